The summed E-state index contributed by atoms with van der Waals surface area (Å²) < 4.78 is 12.6. The van der Waals surface area contributed by atoms with Crippen LogP contribution in [0.4, 0.5) is 0 Å². The minimum absolute atomic E-state index is 0.233. The molecule has 0 radical (unpaired) electrons. The minimum Gasteiger partial charge on any atom is -0.347 e. The van der Waals surface area contributed by atoms with Gasteiger partial charge in [0.1, 0.15) is 0 Å². The third-order valence-corrected chi connectivity index (χ3v) is 6.22. The van der Waals surface area contributed by atoms with Crippen molar-refractivity contribution in [3.8, 4) is 0 Å². The molecule has 2 aliphatic rings. The predicted molar refractivity (Wildman–Crippen MR) is 106 cm³/mol. The molecule has 25 heavy (non-hydrogen) atoms. The number of hydrogen-bond donors (Lipinski definition) is 0. The molecule has 0 N–H and O–H groups in total. The molecule has 1 aliphatic carbocycles. The van der Waals surface area contributed by atoms with Crippen LogP contribution in [0.2, 0.25) is 0 Å². The molecule has 1 atom stereocenters. The molecule has 1 aliphatic heterocycles. The van der Waals surface area contributed by atoms with Gasteiger partial charge >= 0.3 is 0 Å². The SMILES string of the molecule is CCCN(CCC)CCCCC1COC2(CCC(C(C)(C)C)CC2)O1. The molecule has 1 heterocycles. The van der Waals surface area contributed by atoms with Gasteiger partial charge in [0.2, 0.25) is 0 Å². The lowest BCUT2D eigenvalue weighted by Crippen LogP contribution is -2.38. The van der Waals surface area contributed by atoms with E-state index < -0.39 is 0 Å². The molecule has 0 aromatic rings. The van der Waals surface area contributed by atoms with Gasteiger partial charge in [-0.05, 0) is 75.9 Å². The van der Waals surface area contributed by atoms with Crippen molar-refractivity contribution in [3.05, 3.63) is 0 Å². The average molecular weight is 354 g/mol. The van der Waals surface area contributed by atoms with Crippen molar-refractivity contribution in [3.63, 3.8) is 0 Å². The van der Waals surface area contributed by atoms with Gasteiger partial charge in [0.25, 0.3) is 0 Å². The molecule has 1 saturated heterocycles. The van der Waals surface area contributed by atoms with Crippen LogP contribution in [0.15, 0.2) is 0 Å². The molecule has 3 nitrogen and oxygen atoms in total. The van der Waals surface area contributed by atoms with Crippen molar-refractivity contribution in [1.29, 1.82) is 0 Å². The van der Waals surface area contributed by atoms with Gasteiger partial charge in [0, 0.05) is 12.8 Å². The van der Waals surface area contributed by atoms with Crippen molar-refractivity contribution < 1.29 is 9.47 Å². The zero-order chi connectivity index (χ0) is 18.3. The number of ether oxygens (including phenoxy) is 2. The lowest BCUT2D eigenvalue weighted by atomic mass is 9.71. The Kier molecular flexibility index (Phi) is 8.23. The van der Waals surface area contributed by atoms with Gasteiger partial charge in [-0.1, -0.05) is 34.6 Å². The van der Waals surface area contributed by atoms with Crippen LogP contribution in [0.1, 0.15) is 92.4 Å². The van der Waals surface area contributed by atoms with E-state index in [9.17, 15) is 0 Å². The third kappa shape index (κ3) is 6.52. The highest BCUT2D eigenvalue weighted by molar-refractivity contribution is 4.88. The molecule has 0 aromatic heterocycles. The van der Waals surface area contributed by atoms with E-state index in [0.717, 1.165) is 31.8 Å². The zero-order valence-electron chi connectivity index (χ0n) is 17.6. The Morgan fingerprint density at radius 3 is 2.16 bits per heavy atom. The summed E-state index contributed by atoms with van der Waals surface area (Å²) in [5, 5.41) is 0. The molecule has 2 rings (SSSR count). The molecule has 2 fully saturated rings. The third-order valence-electron chi connectivity index (χ3n) is 6.22. The quantitative estimate of drug-likeness (QED) is 0.502. The van der Waals surface area contributed by atoms with Gasteiger partial charge in [-0.3, -0.25) is 0 Å². The number of nitrogens with zero attached hydrogens (tertiary/aromatic N) is 1. The van der Waals surface area contributed by atoms with Crippen molar-refractivity contribution in [2.75, 3.05) is 26.2 Å². The molecule has 0 aromatic carbocycles. The standard InChI is InChI=1S/C22H43NO2/c1-6-15-23(16-7-2)17-9-8-10-20-18-24-22(25-20)13-11-19(12-14-22)21(3,4)5/h19-20H,6-18H2,1-5H3. The fraction of sp³-hybridized carbons (Fsp3) is 1.00. The summed E-state index contributed by atoms with van der Waals surface area (Å²) in [5.41, 5.74) is 0.419. The Morgan fingerprint density at radius 2 is 1.60 bits per heavy atom. The van der Waals surface area contributed by atoms with Crippen LogP contribution >= 0.6 is 0 Å². The van der Waals surface area contributed by atoms with Crippen molar-refractivity contribution >= 4 is 0 Å². The van der Waals surface area contributed by atoms with E-state index in [4.69, 9.17) is 9.47 Å². The fourth-order valence-electron chi connectivity index (χ4n) is 4.62. The van der Waals surface area contributed by atoms with E-state index in [-0.39, 0.29) is 5.79 Å². The van der Waals surface area contributed by atoms with E-state index >= 15 is 0 Å². The number of unbranched alkanes of at least 4 members (excludes halogenated alkanes) is 1. The fourth-order valence-corrected chi connectivity index (χ4v) is 4.62. The smallest absolute Gasteiger partial charge is 0.168 e. The normalized spacial score (nSPS) is 30.5. The summed E-state index contributed by atoms with van der Waals surface area (Å²) in [6.07, 6.45) is 11.2. The minimum atomic E-state index is -0.233. The predicted octanol–water partition coefficient (Wildman–Crippen LogP) is 5.63. The van der Waals surface area contributed by atoms with Crippen LogP contribution in [0.5, 0.6) is 0 Å². The molecule has 1 unspecified atom stereocenters. The Morgan fingerprint density at radius 1 is 0.960 bits per heavy atom. The monoisotopic (exact) mass is 353 g/mol. The van der Waals surface area contributed by atoms with E-state index in [1.54, 1.807) is 0 Å². The van der Waals surface area contributed by atoms with E-state index in [2.05, 4.69) is 39.5 Å². The number of hydrogen-bond acceptors (Lipinski definition) is 3. The molecule has 0 bridgehead atoms. The van der Waals surface area contributed by atoms with Crippen LogP contribution in [0, 0.1) is 11.3 Å². The highest BCUT2D eigenvalue weighted by Gasteiger charge is 2.45. The summed E-state index contributed by atoms with van der Waals surface area (Å²) in [7, 11) is 0. The second-order valence-electron chi connectivity index (χ2n) is 9.44. The van der Waals surface area contributed by atoms with Gasteiger partial charge in [0.05, 0.1) is 12.7 Å². The first-order valence-corrected chi connectivity index (χ1v) is 10.9. The maximum absolute atomic E-state index is 6.42. The highest BCUT2D eigenvalue weighted by atomic mass is 16.7. The Bertz CT molecular complexity index is 363. The van der Waals surface area contributed by atoms with Gasteiger partial charge in [-0.15, -0.1) is 0 Å². The molecular formula is C22H43NO2. The summed E-state index contributed by atoms with van der Waals surface area (Å²) >= 11 is 0. The largest absolute Gasteiger partial charge is 0.347 e. The topological polar surface area (TPSA) is 21.7 Å². The van der Waals surface area contributed by atoms with Gasteiger partial charge in [-0.25, -0.2) is 0 Å². The Balaban J connectivity index is 1.65. The lowest BCUT2D eigenvalue weighted by molar-refractivity contribution is -0.197. The summed E-state index contributed by atoms with van der Waals surface area (Å²) in [6.45, 7) is 16.2. The van der Waals surface area contributed by atoms with Gasteiger partial charge in [-0.2, -0.15) is 0 Å². The van der Waals surface area contributed by atoms with Crippen LogP contribution < -0.4 is 0 Å². The maximum Gasteiger partial charge on any atom is 0.168 e. The van der Waals surface area contributed by atoms with Crippen LogP contribution in [-0.4, -0.2) is 43.0 Å². The zero-order valence-corrected chi connectivity index (χ0v) is 17.6. The molecule has 3 heteroatoms. The molecule has 1 saturated carbocycles. The van der Waals surface area contributed by atoms with Gasteiger partial charge < -0.3 is 14.4 Å². The van der Waals surface area contributed by atoms with Crippen LogP contribution in [0.3, 0.4) is 0 Å². The first kappa shape index (κ1) is 21.2. The summed E-state index contributed by atoms with van der Waals surface area (Å²) in [6, 6.07) is 0. The highest BCUT2D eigenvalue weighted by Crippen LogP contribution is 2.45. The summed E-state index contributed by atoms with van der Waals surface area (Å²) in [5.74, 6) is 0.579. The van der Waals surface area contributed by atoms with Crippen LogP contribution in [0.25, 0.3) is 0 Å². The van der Waals surface area contributed by atoms with Gasteiger partial charge in [0.15, 0.2) is 5.79 Å². The van der Waals surface area contributed by atoms with E-state index in [1.807, 2.05) is 0 Å². The van der Waals surface area contributed by atoms with Crippen molar-refractivity contribution in [1.82, 2.24) is 4.90 Å². The molecule has 1 spiro atoms. The van der Waals surface area contributed by atoms with E-state index in [0.29, 0.717) is 11.5 Å². The van der Waals surface area contributed by atoms with Crippen LogP contribution in [-0.2, 0) is 9.47 Å². The first-order valence-electron chi connectivity index (χ1n) is 10.9. The molecular weight excluding hydrogens is 310 g/mol. The second-order valence-corrected chi connectivity index (χ2v) is 9.44. The Hall–Kier alpha value is -0.120. The average Bonchev–Trinajstić information content (AvgIpc) is 2.94. The maximum atomic E-state index is 6.42. The van der Waals surface area contributed by atoms with Crippen molar-refractivity contribution in [2.45, 2.75) is 104 Å². The second kappa shape index (κ2) is 9.71. The number of rotatable bonds is 9. The Labute approximate surface area is 156 Å². The van der Waals surface area contributed by atoms with Crippen molar-refractivity contribution in [2.24, 2.45) is 11.3 Å². The first-order chi connectivity index (χ1) is 11.9. The summed E-state index contributed by atoms with van der Waals surface area (Å²) in [4.78, 5) is 2.61. The lowest BCUT2D eigenvalue weighted by Gasteiger charge is -2.41. The molecule has 148 valence electrons. The molecule has 0 amide bonds. The van der Waals surface area contributed by atoms with E-state index in [1.165, 1.54) is 58.2 Å².